The largest absolute Gasteiger partial charge is 0.444 e. The summed E-state index contributed by atoms with van der Waals surface area (Å²) in [6, 6.07) is 3.83. The van der Waals surface area contributed by atoms with Gasteiger partial charge in [0.2, 0.25) is 0 Å². The van der Waals surface area contributed by atoms with Crippen LogP contribution in [0.5, 0.6) is 0 Å². The number of carbonyl (C=O) groups excluding carboxylic acids is 1. The van der Waals surface area contributed by atoms with Crippen LogP contribution < -0.4 is 0 Å². The molecule has 0 N–H and O–H groups in total. The van der Waals surface area contributed by atoms with E-state index in [2.05, 4.69) is 20.9 Å². The van der Waals surface area contributed by atoms with E-state index in [1.807, 2.05) is 10.3 Å². The second-order valence-corrected chi connectivity index (χ2v) is 6.27. The molecular formula is C13H13BrN2O2S. The van der Waals surface area contributed by atoms with Gasteiger partial charge in [-0.05, 0) is 40.9 Å². The van der Waals surface area contributed by atoms with Crippen molar-refractivity contribution < 1.29 is 9.21 Å². The van der Waals surface area contributed by atoms with Crippen molar-refractivity contribution in [3.05, 3.63) is 39.1 Å². The Bertz CT molecular complexity index is 563. The van der Waals surface area contributed by atoms with Crippen LogP contribution in [0.15, 0.2) is 32.8 Å². The predicted octanol–water partition coefficient (Wildman–Crippen LogP) is 3.35. The van der Waals surface area contributed by atoms with Crippen molar-refractivity contribution in [1.29, 1.82) is 0 Å². The normalized spacial score (nSPS) is 14.6. The molecule has 1 aliphatic rings. The fourth-order valence-electron chi connectivity index (χ4n) is 2.00. The molecule has 6 heteroatoms. The van der Waals surface area contributed by atoms with Gasteiger partial charge in [-0.15, -0.1) is 11.3 Å². The topological polar surface area (TPSA) is 46.3 Å². The molecule has 1 fully saturated rings. The molecule has 2 heterocycles. The number of furan rings is 1. The average Bonchev–Trinajstić information content (AvgIpc) is 2.92. The molecule has 4 nitrogen and oxygen atoms in total. The van der Waals surface area contributed by atoms with Gasteiger partial charge >= 0.3 is 0 Å². The van der Waals surface area contributed by atoms with Crippen LogP contribution in [0.25, 0.3) is 0 Å². The van der Waals surface area contributed by atoms with Crippen molar-refractivity contribution in [2.24, 2.45) is 0 Å². The molecule has 1 amide bonds. The van der Waals surface area contributed by atoms with Gasteiger partial charge < -0.3 is 9.32 Å². The monoisotopic (exact) mass is 340 g/mol. The van der Waals surface area contributed by atoms with Gasteiger partial charge in [0.15, 0.2) is 10.4 Å². The molecule has 0 saturated heterocycles. The number of nitrogens with zero attached hydrogens (tertiary/aromatic N) is 2. The number of halogens is 1. The van der Waals surface area contributed by atoms with E-state index in [0.29, 0.717) is 23.0 Å². The second kappa shape index (κ2) is 5.46. The summed E-state index contributed by atoms with van der Waals surface area (Å²) in [7, 11) is 0. The summed E-state index contributed by atoms with van der Waals surface area (Å²) in [5, 5.41) is 3.03. The van der Waals surface area contributed by atoms with Crippen LogP contribution in [0.2, 0.25) is 0 Å². The zero-order valence-electron chi connectivity index (χ0n) is 10.2. The minimum atomic E-state index is -0.0234. The maximum atomic E-state index is 12.4. The minimum Gasteiger partial charge on any atom is -0.444 e. The van der Waals surface area contributed by atoms with Crippen molar-refractivity contribution in [3.63, 3.8) is 0 Å². The van der Waals surface area contributed by atoms with Crippen LogP contribution in [0, 0.1) is 0 Å². The minimum absolute atomic E-state index is 0.0234. The molecule has 0 radical (unpaired) electrons. The van der Waals surface area contributed by atoms with Crippen molar-refractivity contribution in [3.8, 4) is 0 Å². The van der Waals surface area contributed by atoms with Gasteiger partial charge in [0, 0.05) is 30.6 Å². The second-order valence-electron chi connectivity index (χ2n) is 4.51. The van der Waals surface area contributed by atoms with Crippen LogP contribution in [-0.4, -0.2) is 28.4 Å². The molecule has 3 rings (SSSR count). The lowest BCUT2D eigenvalue weighted by Gasteiger charge is -2.20. The molecule has 19 heavy (non-hydrogen) atoms. The molecule has 0 aromatic carbocycles. The van der Waals surface area contributed by atoms with Gasteiger partial charge in [0.25, 0.3) is 5.91 Å². The number of hydrogen-bond donors (Lipinski definition) is 0. The van der Waals surface area contributed by atoms with E-state index >= 15 is 0 Å². The van der Waals surface area contributed by atoms with Crippen molar-refractivity contribution in [2.75, 3.05) is 6.54 Å². The Kier molecular flexibility index (Phi) is 3.70. The van der Waals surface area contributed by atoms with Crippen LogP contribution in [0.3, 0.4) is 0 Å². The van der Waals surface area contributed by atoms with Crippen LogP contribution in [0.1, 0.15) is 28.4 Å². The molecular weight excluding hydrogens is 328 g/mol. The van der Waals surface area contributed by atoms with E-state index in [0.717, 1.165) is 24.3 Å². The number of rotatable bonds is 5. The highest BCUT2D eigenvalue weighted by Crippen LogP contribution is 2.29. The first-order valence-electron chi connectivity index (χ1n) is 6.19. The lowest BCUT2D eigenvalue weighted by molar-refractivity contribution is 0.0711. The summed E-state index contributed by atoms with van der Waals surface area (Å²) in [6.45, 7) is 0.704. The summed E-state index contributed by atoms with van der Waals surface area (Å²) >= 11 is 4.86. The maximum absolute atomic E-state index is 12.4. The van der Waals surface area contributed by atoms with Crippen LogP contribution >= 0.6 is 27.3 Å². The van der Waals surface area contributed by atoms with Gasteiger partial charge in [0.1, 0.15) is 0 Å². The highest BCUT2D eigenvalue weighted by atomic mass is 79.9. The third kappa shape index (κ3) is 3.06. The molecule has 0 unspecified atom stereocenters. The molecule has 100 valence electrons. The quantitative estimate of drug-likeness (QED) is 0.838. The fraction of sp³-hybridized carbons (Fsp3) is 0.385. The van der Waals surface area contributed by atoms with Gasteiger partial charge in [-0.3, -0.25) is 4.79 Å². The van der Waals surface area contributed by atoms with Crippen molar-refractivity contribution >= 4 is 33.2 Å². The number of aromatic nitrogens is 1. The molecule has 0 atom stereocenters. The van der Waals surface area contributed by atoms with E-state index in [4.69, 9.17) is 4.42 Å². The highest BCUT2D eigenvalue weighted by Gasteiger charge is 2.34. The number of carbonyl (C=O) groups is 1. The average molecular weight is 341 g/mol. The van der Waals surface area contributed by atoms with E-state index < -0.39 is 0 Å². The number of hydrogen-bond acceptors (Lipinski definition) is 4. The summed E-state index contributed by atoms with van der Waals surface area (Å²) in [5.74, 6) is 0.377. The first-order valence-corrected chi connectivity index (χ1v) is 7.86. The molecule has 0 aliphatic heterocycles. The van der Waals surface area contributed by atoms with Gasteiger partial charge in [-0.2, -0.15) is 0 Å². The van der Waals surface area contributed by atoms with Crippen molar-refractivity contribution in [2.45, 2.75) is 25.3 Å². The highest BCUT2D eigenvalue weighted by molar-refractivity contribution is 9.10. The van der Waals surface area contributed by atoms with Crippen LogP contribution in [0.4, 0.5) is 0 Å². The SMILES string of the molecule is O=C(c1ccc(Br)o1)N(CCc1nccs1)C1CC1. The third-order valence-corrected chi connectivity index (χ3v) is 4.35. The number of thiazole rings is 1. The summed E-state index contributed by atoms with van der Waals surface area (Å²) in [5.41, 5.74) is 0. The smallest absolute Gasteiger partial charge is 0.289 e. The first-order chi connectivity index (χ1) is 9.24. The lowest BCUT2D eigenvalue weighted by atomic mass is 10.3. The molecule has 2 aromatic heterocycles. The Hall–Kier alpha value is -1.14. The Morgan fingerprint density at radius 3 is 2.95 bits per heavy atom. The van der Waals surface area contributed by atoms with Gasteiger partial charge in [-0.1, -0.05) is 0 Å². The van der Waals surface area contributed by atoms with Crippen molar-refractivity contribution in [1.82, 2.24) is 9.88 Å². The van der Waals surface area contributed by atoms with E-state index in [1.165, 1.54) is 0 Å². The standard InChI is InChI=1S/C13H13BrN2O2S/c14-11-4-3-10(18-11)13(17)16(9-1-2-9)7-5-12-15-6-8-19-12/h3-4,6,8-9H,1-2,5,7H2. The predicted molar refractivity (Wildman–Crippen MR) is 76.3 cm³/mol. The molecule has 0 bridgehead atoms. The molecule has 0 spiro atoms. The fourth-order valence-corrected chi connectivity index (χ4v) is 2.92. The zero-order chi connectivity index (χ0) is 13.2. The Morgan fingerprint density at radius 1 is 1.53 bits per heavy atom. The van der Waals surface area contributed by atoms with E-state index in [-0.39, 0.29) is 5.91 Å². The Balaban J connectivity index is 1.68. The molecule has 1 aliphatic carbocycles. The summed E-state index contributed by atoms with van der Waals surface area (Å²) in [4.78, 5) is 18.6. The van der Waals surface area contributed by atoms with Crippen LogP contribution in [-0.2, 0) is 6.42 Å². The zero-order valence-corrected chi connectivity index (χ0v) is 12.6. The van der Waals surface area contributed by atoms with Gasteiger partial charge in [0.05, 0.1) is 5.01 Å². The van der Waals surface area contributed by atoms with Gasteiger partial charge in [-0.25, -0.2) is 4.98 Å². The van der Waals surface area contributed by atoms with E-state index in [1.54, 1.807) is 29.7 Å². The van der Waals surface area contributed by atoms with E-state index in [9.17, 15) is 4.79 Å². The molecule has 2 aromatic rings. The third-order valence-electron chi connectivity index (χ3n) is 3.08. The lowest BCUT2D eigenvalue weighted by Crippen LogP contribution is -2.34. The number of amides is 1. The summed E-state index contributed by atoms with van der Waals surface area (Å²) < 4.78 is 5.94. The summed E-state index contributed by atoms with van der Waals surface area (Å²) in [6.07, 6.45) is 4.78. The molecule has 1 saturated carbocycles. The first kappa shape index (κ1) is 12.9. The Morgan fingerprint density at radius 2 is 2.37 bits per heavy atom. The Labute approximate surface area is 123 Å². The maximum Gasteiger partial charge on any atom is 0.289 e.